The fourth-order valence-corrected chi connectivity index (χ4v) is 4.76. The molecule has 1 fully saturated rings. The summed E-state index contributed by atoms with van der Waals surface area (Å²) in [5.74, 6) is -1.22. The Bertz CT molecular complexity index is 974. The van der Waals surface area contributed by atoms with Crippen molar-refractivity contribution < 1.29 is 17.6 Å². The maximum atomic E-state index is 13.8. The highest BCUT2D eigenvalue weighted by Crippen LogP contribution is 2.24. The molecule has 0 unspecified atom stereocenters. The van der Waals surface area contributed by atoms with Gasteiger partial charge < -0.3 is 5.32 Å². The number of carbonyl (C=O) groups is 1. The summed E-state index contributed by atoms with van der Waals surface area (Å²) >= 11 is 9.23. The molecule has 1 N–H and O–H groups in total. The minimum atomic E-state index is -3.80. The van der Waals surface area contributed by atoms with Gasteiger partial charge in [0.2, 0.25) is 5.91 Å². The molecule has 2 aromatic rings. The maximum absolute atomic E-state index is 13.8. The number of amides is 1. The number of nitrogens with zero attached hydrogens (tertiary/aromatic N) is 2. The van der Waals surface area contributed by atoms with Crippen LogP contribution in [0.5, 0.6) is 0 Å². The summed E-state index contributed by atoms with van der Waals surface area (Å²) in [6.45, 7) is 0.148. The fourth-order valence-electron chi connectivity index (χ4n) is 2.70. The van der Waals surface area contributed by atoms with Gasteiger partial charge in [0.1, 0.15) is 5.82 Å². The number of nitrogens with one attached hydrogen (secondary N) is 1. The lowest BCUT2D eigenvalue weighted by atomic mass is 10.2. The van der Waals surface area contributed by atoms with E-state index >= 15 is 0 Å². The average molecular weight is 477 g/mol. The quantitative estimate of drug-likeness (QED) is 0.720. The van der Waals surface area contributed by atoms with Crippen molar-refractivity contribution in [2.45, 2.75) is 6.54 Å². The molecule has 144 valence electrons. The van der Waals surface area contributed by atoms with Gasteiger partial charge in [0.25, 0.3) is 10.2 Å². The van der Waals surface area contributed by atoms with Gasteiger partial charge >= 0.3 is 0 Å². The zero-order chi connectivity index (χ0) is 19.6. The molecule has 1 aliphatic rings. The first-order valence-corrected chi connectivity index (χ1v) is 10.6. The zero-order valence-electron chi connectivity index (χ0n) is 14.0. The monoisotopic (exact) mass is 475 g/mol. The molecule has 1 aliphatic heterocycles. The Hall–Kier alpha value is -1.52. The fraction of sp³-hybridized carbons (Fsp3) is 0.235. The van der Waals surface area contributed by atoms with Crippen molar-refractivity contribution in [2.24, 2.45) is 0 Å². The van der Waals surface area contributed by atoms with E-state index in [0.29, 0.717) is 15.1 Å². The minimum Gasteiger partial charge on any atom is -0.322 e. The topological polar surface area (TPSA) is 69.7 Å². The Morgan fingerprint density at radius 1 is 1.19 bits per heavy atom. The molecule has 10 heteroatoms. The highest BCUT2D eigenvalue weighted by atomic mass is 79.9. The van der Waals surface area contributed by atoms with Gasteiger partial charge in [-0.3, -0.25) is 4.79 Å². The number of halogens is 3. The summed E-state index contributed by atoms with van der Waals surface area (Å²) in [4.78, 5) is 12.2. The van der Waals surface area contributed by atoms with E-state index in [9.17, 15) is 17.6 Å². The third-order valence-corrected chi connectivity index (χ3v) is 6.87. The summed E-state index contributed by atoms with van der Waals surface area (Å²) < 4.78 is 42.0. The second kappa shape index (κ2) is 8.24. The molecule has 2 aromatic carbocycles. The third kappa shape index (κ3) is 4.67. The molecular formula is C17H16BrClFN3O3S. The van der Waals surface area contributed by atoms with E-state index in [1.54, 1.807) is 30.3 Å². The van der Waals surface area contributed by atoms with Crippen LogP contribution < -0.4 is 5.32 Å². The van der Waals surface area contributed by atoms with Gasteiger partial charge in [-0.25, -0.2) is 4.39 Å². The third-order valence-electron chi connectivity index (χ3n) is 4.08. The molecule has 3 rings (SSSR count). The van der Waals surface area contributed by atoms with Gasteiger partial charge in [-0.15, -0.1) is 0 Å². The smallest absolute Gasteiger partial charge is 0.282 e. The van der Waals surface area contributed by atoms with Gasteiger partial charge in [-0.05, 0) is 29.8 Å². The molecule has 1 saturated heterocycles. The van der Waals surface area contributed by atoms with Crippen molar-refractivity contribution in [1.29, 1.82) is 0 Å². The van der Waals surface area contributed by atoms with E-state index in [0.717, 1.165) is 4.31 Å². The number of anilines is 1. The predicted octanol–water partition coefficient (Wildman–Crippen LogP) is 3.24. The van der Waals surface area contributed by atoms with E-state index in [2.05, 4.69) is 21.2 Å². The Kier molecular flexibility index (Phi) is 6.17. The van der Waals surface area contributed by atoms with Crippen LogP contribution in [0.25, 0.3) is 0 Å². The Morgan fingerprint density at radius 3 is 2.59 bits per heavy atom. The Balaban J connectivity index is 1.66. The largest absolute Gasteiger partial charge is 0.322 e. The Labute approximate surface area is 170 Å². The molecule has 0 saturated carbocycles. The minimum absolute atomic E-state index is 0.00674. The number of carbonyl (C=O) groups excluding carboxylic acids is 1. The average Bonchev–Trinajstić information content (AvgIpc) is 2.87. The lowest BCUT2D eigenvalue weighted by molar-refractivity contribution is -0.116. The standard InChI is InChI=1S/C17H16BrClFN3O3S/c18-13-5-6-16(15(20)9-13)21-17(24)11-23-8-7-22(27(23,25)26)10-12-3-1-2-4-14(12)19/h1-6,9H,7-8,10-11H2,(H,21,24). The second-order valence-corrected chi connectivity index (χ2v) is 9.19. The van der Waals surface area contributed by atoms with Crippen LogP contribution >= 0.6 is 27.5 Å². The first kappa shape index (κ1) is 20.2. The van der Waals surface area contributed by atoms with Gasteiger partial charge in [-0.1, -0.05) is 45.7 Å². The van der Waals surface area contributed by atoms with Crippen molar-refractivity contribution >= 4 is 49.3 Å². The number of rotatable bonds is 5. The zero-order valence-corrected chi connectivity index (χ0v) is 17.2. The first-order chi connectivity index (χ1) is 12.8. The first-order valence-electron chi connectivity index (χ1n) is 8.01. The SMILES string of the molecule is O=C(CN1CCN(Cc2ccccc2Cl)S1(=O)=O)Nc1ccc(Br)cc1F. The summed E-state index contributed by atoms with van der Waals surface area (Å²) in [5, 5.41) is 2.88. The van der Waals surface area contributed by atoms with E-state index in [4.69, 9.17) is 11.6 Å². The summed E-state index contributed by atoms with van der Waals surface area (Å²) in [7, 11) is -3.80. The molecule has 0 aromatic heterocycles. The summed E-state index contributed by atoms with van der Waals surface area (Å²) in [5.41, 5.74) is 0.679. The van der Waals surface area contributed by atoms with Crippen LogP contribution in [0.15, 0.2) is 46.9 Å². The molecule has 0 radical (unpaired) electrons. The van der Waals surface area contributed by atoms with Crippen LogP contribution in [-0.4, -0.2) is 42.6 Å². The number of hydrogen-bond donors (Lipinski definition) is 1. The highest BCUT2D eigenvalue weighted by Gasteiger charge is 2.37. The van der Waals surface area contributed by atoms with E-state index in [1.807, 2.05) is 0 Å². The van der Waals surface area contributed by atoms with Crippen molar-refractivity contribution in [3.8, 4) is 0 Å². The van der Waals surface area contributed by atoms with Crippen LogP contribution in [0.3, 0.4) is 0 Å². The van der Waals surface area contributed by atoms with Gasteiger partial charge in [-0.2, -0.15) is 17.0 Å². The van der Waals surface area contributed by atoms with Crippen molar-refractivity contribution in [2.75, 3.05) is 25.0 Å². The summed E-state index contributed by atoms with van der Waals surface area (Å²) in [6, 6.07) is 11.2. The molecule has 0 aliphatic carbocycles. The molecule has 6 nitrogen and oxygen atoms in total. The van der Waals surface area contributed by atoms with E-state index in [1.165, 1.54) is 16.4 Å². The van der Waals surface area contributed by atoms with Gasteiger partial charge in [0, 0.05) is 29.1 Å². The molecule has 0 atom stereocenters. The van der Waals surface area contributed by atoms with Gasteiger partial charge in [0.05, 0.1) is 12.2 Å². The molecule has 1 heterocycles. The van der Waals surface area contributed by atoms with Crippen LogP contribution in [0.1, 0.15) is 5.56 Å². The molecule has 1 amide bonds. The molecule has 0 spiro atoms. The highest BCUT2D eigenvalue weighted by molar-refractivity contribution is 9.10. The van der Waals surface area contributed by atoms with Gasteiger partial charge in [0.15, 0.2) is 0 Å². The second-order valence-electron chi connectivity index (χ2n) is 5.94. The van der Waals surface area contributed by atoms with Crippen molar-refractivity contribution in [1.82, 2.24) is 8.61 Å². The lowest BCUT2D eigenvalue weighted by Gasteiger charge is -2.19. The summed E-state index contributed by atoms with van der Waals surface area (Å²) in [6.07, 6.45) is 0. The van der Waals surface area contributed by atoms with Crippen LogP contribution in [-0.2, 0) is 21.5 Å². The van der Waals surface area contributed by atoms with Crippen LogP contribution in [0.4, 0.5) is 10.1 Å². The van der Waals surface area contributed by atoms with Crippen LogP contribution in [0, 0.1) is 5.82 Å². The van der Waals surface area contributed by atoms with Crippen molar-refractivity contribution in [3.63, 3.8) is 0 Å². The lowest BCUT2D eigenvalue weighted by Crippen LogP contribution is -2.38. The van der Waals surface area contributed by atoms with E-state index < -0.39 is 28.5 Å². The van der Waals surface area contributed by atoms with Crippen LogP contribution in [0.2, 0.25) is 5.02 Å². The number of hydrogen-bond acceptors (Lipinski definition) is 3. The molecule has 27 heavy (non-hydrogen) atoms. The Morgan fingerprint density at radius 2 is 1.89 bits per heavy atom. The maximum Gasteiger partial charge on any atom is 0.282 e. The van der Waals surface area contributed by atoms with E-state index in [-0.39, 0.29) is 25.3 Å². The van der Waals surface area contributed by atoms with Crippen molar-refractivity contribution in [3.05, 3.63) is 63.3 Å². The molecule has 0 bridgehead atoms. The molecular weight excluding hydrogens is 461 g/mol. The normalized spacial score (nSPS) is 17.1. The predicted molar refractivity (Wildman–Crippen MR) is 105 cm³/mol. The number of benzene rings is 2.